The number of benzene rings is 1. The second-order valence-electron chi connectivity index (χ2n) is 3.44. The van der Waals surface area contributed by atoms with Gasteiger partial charge in [0.05, 0.1) is 12.7 Å². The average molecular weight is 306 g/mol. The fraction of sp³-hybridized carbons (Fsp3) is 0.182. The molecule has 1 aromatic rings. The molecule has 0 N–H and O–H groups in total. The van der Waals surface area contributed by atoms with Crippen molar-refractivity contribution in [3.63, 3.8) is 0 Å². The summed E-state index contributed by atoms with van der Waals surface area (Å²) >= 11 is 5.74. The van der Waals surface area contributed by atoms with Crippen LogP contribution < -0.4 is 0 Å². The molecular weight excluding hydrogens is 299 g/mol. The number of alkyl halides is 3. The Morgan fingerprint density at radius 2 is 2.15 bits per heavy atom. The van der Waals surface area contributed by atoms with E-state index in [-0.39, 0.29) is 10.6 Å². The molecule has 0 aliphatic carbocycles. The zero-order chi connectivity index (χ0) is 15.3. The van der Waals surface area contributed by atoms with E-state index >= 15 is 0 Å². The lowest BCUT2D eigenvalue weighted by Crippen LogP contribution is -2.05. The lowest BCUT2D eigenvalue weighted by atomic mass is 10.1. The summed E-state index contributed by atoms with van der Waals surface area (Å²) in [5.74, 6) is -0.990. The molecule has 0 amide bonds. The van der Waals surface area contributed by atoms with Gasteiger partial charge in [0.1, 0.15) is 5.70 Å². The lowest BCUT2D eigenvalue weighted by Gasteiger charge is -2.08. The smallest absolute Gasteiger partial charge is 0.416 e. The second-order valence-corrected chi connectivity index (χ2v) is 3.85. The van der Waals surface area contributed by atoms with E-state index in [0.29, 0.717) is 0 Å². The van der Waals surface area contributed by atoms with Crippen LogP contribution in [0.25, 0.3) is 16.5 Å². The molecule has 0 saturated heterocycles. The van der Waals surface area contributed by atoms with E-state index < -0.39 is 23.4 Å². The standard InChI is InChI=1S/C11H7ClF3N3O2/c1-20-10(19)9(17-18-16)5-6-4-7(11(13,14)15)2-3-8(6)12/h2-5H,1H3/b9-5-. The molecule has 0 unspecified atom stereocenters. The van der Waals surface area contributed by atoms with Gasteiger partial charge in [0, 0.05) is 9.93 Å². The molecule has 1 aromatic carbocycles. The monoisotopic (exact) mass is 305 g/mol. The molecule has 106 valence electrons. The summed E-state index contributed by atoms with van der Waals surface area (Å²) in [6, 6.07) is 2.56. The number of carbonyl (C=O) groups is 1. The first-order chi connectivity index (χ1) is 9.29. The number of hydrogen-bond acceptors (Lipinski definition) is 3. The second kappa shape index (κ2) is 6.31. The van der Waals surface area contributed by atoms with Crippen molar-refractivity contribution in [1.29, 1.82) is 0 Å². The maximum Gasteiger partial charge on any atom is 0.416 e. The van der Waals surface area contributed by atoms with Crippen LogP contribution in [0.15, 0.2) is 29.0 Å². The van der Waals surface area contributed by atoms with E-state index in [0.717, 1.165) is 31.4 Å². The van der Waals surface area contributed by atoms with Gasteiger partial charge in [0.15, 0.2) is 0 Å². The van der Waals surface area contributed by atoms with Crippen LogP contribution in [0.5, 0.6) is 0 Å². The summed E-state index contributed by atoms with van der Waals surface area (Å²) in [5.41, 5.74) is 6.74. The van der Waals surface area contributed by atoms with Crippen LogP contribution in [-0.4, -0.2) is 13.1 Å². The van der Waals surface area contributed by atoms with Crippen LogP contribution in [0.2, 0.25) is 5.02 Å². The van der Waals surface area contributed by atoms with Gasteiger partial charge >= 0.3 is 12.1 Å². The van der Waals surface area contributed by atoms with Crippen LogP contribution >= 0.6 is 11.6 Å². The van der Waals surface area contributed by atoms with Gasteiger partial charge < -0.3 is 4.74 Å². The van der Waals surface area contributed by atoms with Crippen molar-refractivity contribution in [2.45, 2.75) is 6.18 Å². The van der Waals surface area contributed by atoms with Gasteiger partial charge in [-0.2, -0.15) is 13.2 Å². The van der Waals surface area contributed by atoms with E-state index in [4.69, 9.17) is 17.1 Å². The number of rotatable bonds is 3. The topological polar surface area (TPSA) is 75.1 Å². The number of ether oxygens (including phenoxy) is 1. The number of azide groups is 1. The first kappa shape index (κ1) is 15.9. The van der Waals surface area contributed by atoms with Gasteiger partial charge in [-0.25, -0.2) is 4.79 Å². The normalized spacial score (nSPS) is 11.8. The van der Waals surface area contributed by atoms with E-state index in [2.05, 4.69) is 14.8 Å². The molecule has 20 heavy (non-hydrogen) atoms. The number of nitrogens with zero attached hydrogens (tertiary/aromatic N) is 3. The molecule has 1 rings (SSSR count). The van der Waals surface area contributed by atoms with Crippen molar-refractivity contribution in [1.82, 2.24) is 0 Å². The Bertz CT molecular complexity index is 607. The highest BCUT2D eigenvalue weighted by molar-refractivity contribution is 6.32. The summed E-state index contributed by atoms with van der Waals surface area (Å²) in [6.07, 6.45) is -3.64. The van der Waals surface area contributed by atoms with Crippen LogP contribution in [0.1, 0.15) is 11.1 Å². The Morgan fingerprint density at radius 1 is 1.50 bits per heavy atom. The highest BCUT2D eigenvalue weighted by atomic mass is 35.5. The average Bonchev–Trinajstić information content (AvgIpc) is 2.38. The summed E-state index contributed by atoms with van der Waals surface area (Å²) in [4.78, 5) is 13.7. The minimum absolute atomic E-state index is 0.0347. The molecule has 0 spiro atoms. The molecule has 9 heteroatoms. The maximum absolute atomic E-state index is 12.6. The zero-order valence-corrected chi connectivity index (χ0v) is 10.7. The molecule has 0 aliphatic heterocycles. The quantitative estimate of drug-likeness (QED) is 0.276. The Labute approximate surface area is 116 Å². The van der Waals surface area contributed by atoms with E-state index in [1.165, 1.54) is 0 Å². The van der Waals surface area contributed by atoms with Crippen LogP contribution in [0.4, 0.5) is 13.2 Å². The highest BCUT2D eigenvalue weighted by Crippen LogP contribution is 2.32. The highest BCUT2D eigenvalue weighted by Gasteiger charge is 2.30. The van der Waals surface area contributed by atoms with Gasteiger partial charge in [0.25, 0.3) is 0 Å². The molecule has 5 nitrogen and oxygen atoms in total. The first-order valence-corrected chi connectivity index (χ1v) is 5.39. The molecule has 0 radical (unpaired) electrons. The summed E-state index contributed by atoms with van der Waals surface area (Å²) in [6.45, 7) is 0. The van der Waals surface area contributed by atoms with E-state index in [9.17, 15) is 18.0 Å². The minimum Gasteiger partial charge on any atom is -0.466 e. The third kappa shape index (κ3) is 3.91. The van der Waals surface area contributed by atoms with Crippen molar-refractivity contribution >= 4 is 23.6 Å². The molecule has 0 fully saturated rings. The lowest BCUT2D eigenvalue weighted by molar-refractivity contribution is -0.137. The third-order valence-electron chi connectivity index (χ3n) is 2.16. The fourth-order valence-corrected chi connectivity index (χ4v) is 1.43. The first-order valence-electron chi connectivity index (χ1n) is 5.01. The van der Waals surface area contributed by atoms with Gasteiger partial charge in [-0.05, 0) is 35.4 Å². The molecule has 0 aromatic heterocycles. The van der Waals surface area contributed by atoms with Crippen LogP contribution in [-0.2, 0) is 15.7 Å². The van der Waals surface area contributed by atoms with E-state index in [1.54, 1.807) is 0 Å². The number of methoxy groups -OCH3 is 1. The third-order valence-corrected chi connectivity index (χ3v) is 2.51. The molecular formula is C11H7ClF3N3O2. The Morgan fingerprint density at radius 3 is 2.65 bits per heavy atom. The van der Waals surface area contributed by atoms with Gasteiger partial charge in [-0.15, -0.1) is 0 Å². The van der Waals surface area contributed by atoms with Crippen LogP contribution in [0, 0.1) is 0 Å². The van der Waals surface area contributed by atoms with Crippen molar-refractivity contribution in [3.8, 4) is 0 Å². The van der Waals surface area contributed by atoms with Crippen molar-refractivity contribution in [2.24, 2.45) is 5.11 Å². The Hall–Kier alpha value is -2.18. The largest absolute Gasteiger partial charge is 0.466 e. The summed E-state index contributed by atoms with van der Waals surface area (Å²) < 4.78 is 42.1. The summed E-state index contributed by atoms with van der Waals surface area (Å²) in [7, 11) is 1.04. The molecule has 0 saturated carbocycles. The molecule has 0 aliphatic rings. The van der Waals surface area contributed by atoms with Crippen molar-refractivity contribution in [2.75, 3.05) is 7.11 Å². The van der Waals surface area contributed by atoms with Gasteiger partial charge in [-0.1, -0.05) is 16.7 Å². The van der Waals surface area contributed by atoms with Crippen molar-refractivity contribution < 1.29 is 22.7 Å². The number of halogens is 4. The number of esters is 1. The maximum atomic E-state index is 12.6. The molecule has 0 heterocycles. The fourth-order valence-electron chi connectivity index (χ4n) is 1.26. The minimum atomic E-state index is -4.56. The Kier molecular flexibility index (Phi) is 5.01. The van der Waals surface area contributed by atoms with Gasteiger partial charge in [0.2, 0.25) is 0 Å². The SMILES string of the molecule is COC(=O)/C(=C/c1cc(C(F)(F)F)ccc1Cl)N=[N+]=[N-]. The predicted octanol–water partition coefficient (Wildman–Crippen LogP) is 4.18. The van der Waals surface area contributed by atoms with Crippen molar-refractivity contribution in [3.05, 3.63) is 50.5 Å². The Balaban J connectivity index is 3.37. The summed E-state index contributed by atoms with van der Waals surface area (Å²) in [5, 5.41) is 3.02. The predicted molar refractivity (Wildman–Crippen MR) is 65.6 cm³/mol. The molecule has 0 atom stereocenters. The number of carbonyl (C=O) groups excluding carboxylic acids is 1. The number of hydrogen-bond donors (Lipinski definition) is 0. The van der Waals surface area contributed by atoms with Gasteiger partial charge in [-0.3, -0.25) is 0 Å². The van der Waals surface area contributed by atoms with Crippen LogP contribution in [0.3, 0.4) is 0 Å². The van der Waals surface area contributed by atoms with E-state index in [1.807, 2.05) is 0 Å². The molecule has 0 bridgehead atoms. The zero-order valence-electron chi connectivity index (χ0n) is 9.98.